The molecule has 2 aliphatic heterocycles. The van der Waals surface area contributed by atoms with Gasteiger partial charge in [0.2, 0.25) is 0 Å². The van der Waals surface area contributed by atoms with Gasteiger partial charge in [-0.1, -0.05) is 6.07 Å². The third-order valence-corrected chi connectivity index (χ3v) is 5.27. The monoisotopic (exact) mass is 361 g/mol. The summed E-state index contributed by atoms with van der Waals surface area (Å²) in [5, 5.41) is 13.4. The van der Waals surface area contributed by atoms with E-state index in [0.717, 1.165) is 43.3 Å². The summed E-state index contributed by atoms with van der Waals surface area (Å²) in [7, 11) is 1.92. The molecule has 2 atom stereocenters. The molecule has 2 aliphatic rings. The van der Waals surface area contributed by atoms with Crippen LogP contribution in [0, 0.1) is 11.6 Å². The van der Waals surface area contributed by atoms with Crippen LogP contribution in [-0.2, 0) is 13.0 Å². The molecule has 26 heavy (non-hydrogen) atoms. The van der Waals surface area contributed by atoms with Crippen LogP contribution in [0.15, 0.2) is 18.2 Å². The fourth-order valence-electron chi connectivity index (χ4n) is 3.93. The molecular weight excluding hydrogens is 340 g/mol. The summed E-state index contributed by atoms with van der Waals surface area (Å²) in [5.74, 6) is -1.98. The van der Waals surface area contributed by atoms with E-state index in [0.29, 0.717) is 17.8 Å². The van der Waals surface area contributed by atoms with Crippen molar-refractivity contribution >= 4 is 5.91 Å². The van der Waals surface area contributed by atoms with Gasteiger partial charge in [0.05, 0.1) is 12.1 Å². The van der Waals surface area contributed by atoms with Crippen molar-refractivity contribution < 1.29 is 13.6 Å². The number of carbonyl (C=O) groups is 1. The molecule has 4 rings (SSSR count). The van der Waals surface area contributed by atoms with Gasteiger partial charge in [0.15, 0.2) is 17.3 Å². The Balaban J connectivity index is 1.55. The van der Waals surface area contributed by atoms with Crippen molar-refractivity contribution in [2.75, 3.05) is 20.1 Å². The number of likely N-dealkylation sites (N-methyl/N-ethyl adjacent to an activating group) is 1. The summed E-state index contributed by atoms with van der Waals surface area (Å²) in [6.45, 7) is 2.24. The van der Waals surface area contributed by atoms with E-state index in [9.17, 15) is 13.6 Å². The standard InChI is InChI=1S/C18H21F2N5O/c1-25-7-5-15(17(25)10-2-3-12(19)13(20)8-10)22-18(26)16-11-9-21-6-4-14(11)23-24-16/h2-3,8,15,17,21H,4-7,9H2,1H3,(H,22,26)(H,23,24). The van der Waals surface area contributed by atoms with Crippen molar-refractivity contribution in [3.8, 4) is 0 Å². The Kier molecular flexibility index (Phi) is 4.46. The van der Waals surface area contributed by atoms with E-state index in [2.05, 4.69) is 20.8 Å². The molecule has 0 bridgehead atoms. The lowest BCUT2D eigenvalue weighted by Crippen LogP contribution is -2.39. The number of nitrogens with one attached hydrogen (secondary N) is 3. The van der Waals surface area contributed by atoms with Gasteiger partial charge in [-0.3, -0.25) is 14.8 Å². The number of amides is 1. The molecule has 2 aromatic rings. The highest BCUT2D eigenvalue weighted by Gasteiger charge is 2.35. The lowest BCUT2D eigenvalue weighted by atomic mass is 9.99. The van der Waals surface area contributed by atoms with Crippen LogP contribution in [-0.4, -0.2) is 47.2 Å². The van der Waals surface area contributed by atoms with Crippen molar-refractivity contribution in [1.29, 1.82) is 0 Å². The predicted octanol–water partition coefficient (Wildman–Crippen LogP) is 1.51. The molecular formula is C18H21F2N5O. The topological polar surface area (TPSA) is 73.0 Å². The van der Waals surface area contributed by atoms with Gasteiger partial charge in [0.25, 0.3) is 5.91 Å². The maximum Gasteiger partial charge on any atom is 0.272 e. The third-order valence-electron chi connectivity index (χ3n) is 5.27. The second kappa shape index (κ2) is 6.77. The second-order valence-corrected chi connectivity index (χ2v) is 6.92. The number of nitrogens with zero attached hydrogens (tertiary/aromatic N) is 2. The van der Waals surface area contributed by atoms with Crippen molar-refractivity contribution in [3.63, 3.8) is 0 Å². The van der Waals surface area contributed by atoms with Gasteiger partial charge in [-0.2, -0.15) is 5.10 Å². The van der Waals surface area contributed by atoms with Crippen LogP contribution in [0.5, 0.6) is 0 Å². The van der Waals surface area contributed by atoms with Crippen LogP contribution in [0.2, 0.25) is 0 Å². The van der Waals surface area contributed by atoms with Crippen LogP contribution in [0.3, 0.4) is 0 Å². The summed E-state index contributed by atoms with van der Waals surface area (Å²) in [6, 6.07) is 3.51. The number of H-pyrrole nitrogens is 1. The number of fused-ring (bicyclic) bond motifs is 1. The van der Waals surface area contributed by atoms with E-state index in [1.54, 1.807) is 6.07 Å². The molecule has 3 heterocycles. The summed E-state index contributed by atoms with van der Waals surface area (Å²) in [4.78, 5) is 14.8. The predicted molar refractivity (Wildman–Crippen MR) is 91.6 cm³/mol. The van der Waals surface area contributed by atoms with Crippen molar-refractivity contribution in [3.05, 3.63) is 52.3 Å². The minimum absolute atomic E-state index is 0.193. The summed E-state index contributed by atoms with van der Waals surface area (Å²) in [6.07, 6.45) is 1.55. The first-order valence-corrected chi connectivity index (χ1v) is 8.77. The first-order valence-electron chi connectivity index (χ1n) is 8.77. The highest BCUT2D eigenvalue weighted by molar-refractivity contribution is 5.94. The molecule has 1 saturated heterocycles. The smallest absolute Gasteiger partial charge is 0.272 e. The highest BCUT2D eigenvalue weighted by atomic mass is 19.2. The Morgan fingerprint density at radius 1 is 1.35 bits per heavy atom. The van der Waals surface area contributed by atoms with E-state index in [-0.39, 0.29) is 18.0 Å². The number of likely N-dealkylation sites (tertiary alicyclic amines) is 1. The molecule has 0 radical (unpaired) electrons. The van der Waals surface area contributed by atoms with Crippen LogP contribution in [0.25, 0.3) is 0 Å². The van der Waals surface area contributed by atoms with E-state index in [1.807, 2.05) is 11.9 Å². The molecule has 1 amide bonds. The largest absolute Gasteiger partial charge is 0.346 e. The van der Waals surface area contributed by atoms with Gasteiger partial charge >= 0.3 is 0 Å². The minimum Gasteiger partial charge on any atom is -0.346 e. The number of rotatable bonds is 3. The van der Waals surface area contributed by atoms with Crippen LogP contribution >= 0.6 is 0 Å². The zero-order valence-electron chi connectivity index (χ0n) is 14.5. The lowest BCUT2D eigenvalue weighted by molar-refractivity contribution is 0.0921. The fourth-order valence-corrected chi connectivity index (χ4v) is 3.93. The van der Waals surface area contributed by atoms with Crippen LogP contribution in [0.1, 0.15) is 39.8 Å². The maximum atomic E-state index is 13.7. The van der Waals surface area contributed by atoms with Crippen molar-refractivity contribution in [2.45, 2.75) is 31.5 Å². The highest BCUT2D eigenvalue weighted by Crippen LogP contribution is 2.32. The van der Waals surface area contributed by atoms with Gasteiger partial charge in [-0.05, 0) is 31.2 Å². The van der Waals surface area contributed by atoms with E-state index >= 15 is 0 Å². The zero-order valence-corrected chi connectivity index (χ0v) is 14.5. The third kappa shape index (κ3) is 2.99. The lowest BCUT2D eigenvalue weighted by Gasteiger charge is -2.26. The molecule has 2 unspecified atom stereocenters. The summed E-state index contributed by atoms with van der Waals surface area (Å²) in [5.41, 5.74) is 2.96. The molecule has 0 aliphatic carbocycles. The van der Waals surface area contributed by atoms with E-state index in [1.165, 1.54) is 6.07 Å². The van der Waals surface area contributed by atoms with E-state index < -0.39 is 11.6 Å². The molecule has 0 saturated carbocycles. The SMILES string of the molecule is CN1CCC(NC(=O)c2n[nH]c3c2CNCC3)C1c1ccc(F)c(F)c1. The van der Waals surface area contributed by atoms with Gasteiger partial charge in [-0.15, -0.1) is 0 Å². The van der Waals surface area contributed by atoms with Crippen LogP contribution in [0.4, 0.5) is 8.78 Å². The molecule has 1 aromatic heterocycles. The Hall–Kier alpha value is -2.32. The molecule has 6 nitrogen and oxygen atoms in total. The van der Waals surface area contributed by atoms with Gasteiger partial charge in [-0.25, -0.2) is 8.78 Å². The summed E-state index contributed by atoms with van der Waals surface area (Å²) >= 11 is 0. The second-order valence-electron chi connectivity index (χ2n) is 6.92. The number of hydrogen-bond donors (Lipinski definition) is 3. The number of aromatic nitrogens is 2. The maximum absolute atomic E-state index is 13.7. The number of hydrogen-bond acceptors (Lipinski definition) is 4. The normalized spacial score (nSPS) is 23.0. The Bertz CT molecular complexity index is 837. The Morgan fingerprint density at radius 2 is 2.19 bits per heavy atom. The van der Waals surface area contributed by atoms with Crippen molar-refractivity contribution in [1.82, 2.24) is 25.7 Å². The molecule has 0 spiro atoms. The van der Waals surface area contributed by atoms with E-state index in [4.69, 9.17) is 0 Å². The number of benzene rings is 1. The average Bonchev–Trinajstić information content (AvgIpc) is 3.21. The quantitative estimate of drug-likeness (QED) is 0.775. The molecule has 138 valence electrons. The fraction of sp³-hybridized carbons (Fsp3) is 0.444. The number of halogens is 2. The van der Waals surface area contributed by atoms with Gasteiger partial charge < -0.3 is 10.6 Å². The number of aromatic amines is 1. The first kappa shape index (κ1) is 17.1. The van der Waals surface area contributed by atoms with Gasteiger partial charge in [0, 0.05) is 37.3 Å². The Morgan fingerprint density at radius 3 is 3.00 bits per heavy atom. The molecule has 8 heteroatoms. The van der Waals surface area contributed by atoms with Crippen molar-refractivity contribution in [2.24, 2.45) is 0 Å². The van der Waals surface area contributed by atoms with Gasteiger partial charge in [0.1, 0.15) is 0 Å². The zero-order chi connectivity index (χ0) is 18.3. The summed E-state index contributed by atoms with van der Waals surface area (Å²) < 4.78 is 26.9. The molecule has 1 aromatic carbocycles. The molecule has 3 N–H and O–H groups in total. The Labute approximate surface area is 150 Å². The van der Waals surface area contributed by atoms with Crippen LogP contribution < -0.4 is 10.6 Å². The average molecular weight is 361 g/mol. The molecule has 1 fully saturated rings. The first-order chi connectivity index (χ1) is 12.5. The minimum atomic E-state index is -0.875. The number of carbonyl (C=O) groups excluding carboxylic acids is 1.